The summed E-state index contributed by atoms with van der Waals surface area (Å²) in [4.78, 5) is 0. The Morgan fingerprint density at radius 2 is 0.678 bits per heavy atom. The molecule has 1 aliphatic heterocycles. The second kappa shape index (κ2) is 23.6. The van der Waals surface area contributed by atoms with Gasteiger partial charge in [-0.05, 0) is 33.4 Å². The summed E-state index contributed by atoms with van der Waals surface area (Å²) in [6.07, 6.45) is -3.92. The van der Waals surface area contributed by atoms with Gasteiger partial charge in [0.25, 0.3) is 0 Å². The molecule has 0 unspecified atom stereocenters. The van der Waals surface area contributed by atoms with E-state index in [0.717, 1.165) is 33.4 Å². The number of ether oxygens (including phenoxy) is 8. The first-order valence-electron chi connectivity index (χ1n) is 20.4. The fraction of sp³-hybridized carbons (Fsp3) is 0.294. The van der Waals surface area contributed by atoms with Crippen molar-refractivity contribution in [3.8, 4) is 0 Å². The van der Waals surface area contributed by atoms with Crippen LogP contribution in [-0.4, -0.2) is 56.6 Å². The Labute approximate surface area is 348 Å². The Kier molecular flexibility index (Phi) is 16.8. The van der Waals surface area contributed by atoms with Gasteiger partial charge in [-0.3, -0.25) is 0 Å². The summed E-state index contributed by atoms with van der Waals surface area (Å²) < 4.78 is 53.5. The van der Waals surface area contributed by atoms with E-state index in [9.17, 15) is 0 Å². The molecule has 6 aromatic carbocycles. The maximum atomic E-state index is 6.98. The number of hydrogen-bond donors (Lipinski definition) is 0. The van der Waals surface area contributed by atoms with Crippen molar-refractivity contribution >= 4 is 0 Å². The lowest BCUT2D eigenvalue weighted by atomic mass is 9.97. The number of rotatable bonds is 23. The summed E-state index contributed by atoms with van der Waals surface area (Å²) in [6, 6.07) is 60.6. The molecule has 1 saturated heterocycles. The van der Waals surface area contributed by atoms with Crippen LogP contribution in [0.4, 0.5) is 0 Å². The van der Waals surface area contributed by atoms with E-state index < -0.39 is 36.8 Å². The molecule has 1 aliphatic rings. The zero-order valence-electron chi connectivity index (χ0n) is 33.4. The first-order valence-corrected chi connectivity index (χ1v) is 20.4. The third-order valence-corrected chi connectivity index (χ3v) is 10.00. The maximum absolute atomic E-state index is 6.98. The first-order chi connectivity index (χ1) is 29.3. The Morgan fingerprint density at radius 3 is 1.07 bits per heavy atom. The van der Waals surface area contributed by atoms with Gasteiger partial charge < -0.3 is 37.9 Å². The standard InChI is InChI=1S/C51H54O8/c1-7-19-40(20-8-1)31-52-37-46(38-53-32-41-21-9-2-10-22-41)58-51-50(57-36-45-29-17-6-18-30-45)49(56-35-44-27-15-5-16-28-44)48(55-34-43-25-13-4-14-26-43)47(59-51)39-54-33-42-23-11-3-12-24-42/h1-30,46-51H,31-39H2/t47-,48-,49+,50-,51+/m1/s1. The summed E-state index contributed by atoms with van der Waals surface area (Å²) in [6.45, 7) is 2.97. The Hall–Kier alpha value is -5.00. The van der Waals surface area contributed by atoms with Crippen LogP contribution >= 0.6 is 0 Å². The summed E-state index contributed by atoms with van der Waals surface area (Å²) in [7, 11) is 0. The van der Waals surface area contributed by atoms with Gasteiger partial charge in [0.2, 0.25) is 0 Å². The highest BCUT2D eigenvalue weighted by Gasteiger charge is 2.50. The van der Waals surface area contributed by atoms with Gasteiger partial charge in [0.15, 0.2) is 6.29 Å². The van der Waals surface area contributed by atoms with Crippen LogP contribution in [0.15, 0.2) is 182 Å². The van der Waals surface area contributed by atoms with Crippen LogP contribution in [0.3, 0.4) is 0 Å². The summed E-state index contributed by atoms with van der Waals surface area (Å²) in [5, 5.41) is 0. The molecule has 5 atom stereocenters. The molecular formula is C51H54O8. The van der Waals surface area contributed by atoms with E-state index in [4.69, 9.17) is 37.9 Å². The molecule has 59 heavy (non-hydrogen) atoms. The predicted molar refractivity (Wildman–Crippen MR) is 227 cm³/mol. The molecule has 1 fully saturated rings. The van der Waals surface area contributed by atoms with Crippen molar-refractivity contribution in [2.45, 2.75) is 76.5 Å². The van der Waals surface area contributed by atoms with Crippen molar-refractivity contribution in [1.82, 2.24) is 0 Å². The van der Waals surface area contributed by atoms with Crippen molar-refractivity contribution in [2.24, 2.45) is 0 Å². The molecule has 7 rings (SSSR count). The third kappa shape index (κ3) is 13.8. The highest BCUT2D eigenvalue weighted by Crippen LogP contribution is 2.32. The maximum Gasteiger partial charge on any atom is 0.187 e. The average Bonchev–Trinajstić information content (AvgIpc) is 3.29. The minimum absolute atomic E-state index is 0.227. The predicted octanol–water partition coefficient (Wildman–Crippen LogP) is 9.50. The molecule has 306 valence electrons. The van der Waals surface area contributed by atoms with Crippen molar-refractivity contribution in [3.05, 3.63) is 215 Å². The third-order valence-electron chi connectivity index (χ3n) is 10.00. The van der Waals surface area contributed by atoms with E-state index in [1.807, 2.05) is 158 Å². The van der Waals surface area contributed by atoms with Gasteiger partial charge in [0.05, 0.1) is 59.5 Å². The monoisotopic (exact) mass is 794 g/mol. The van der Waals surface area contributed by atoms with Crippen LogP contribution in [-0.2, 0) is 77.5 Å². The minimum Gasteiger partial charge on any atom is -0.374 e. The lowest BCUT2D eigenvalue weighted by Crippen LogP contribution is -2.62. The quantitative estimate of drug-likeness (QED) is 0.0636. The molecule has 6 aromatic rings. The zero-order chi connectivity index (χ0) is 40.2. The van der Waals surface area contributed by atoms with Gasteiger partial charge in [-0.1, -0.05) is 182 Å². The van der Waals surface area contributed by atoms with E-state index in [1.165, 1.54) is 0 Å². The average molecular weight is 795 g/mol. The van der Waals surface area contributed by atoms with E-state index in [1.54, 1.807) is 0 Å². The van der Waals surface area contributed by atoms with Gasteiger partial charge in [-0.15, -0.1) is 0 Å². The Morgan fingerprint density at radius 1 is 0.356 bits per heavy atom. The number of benzene rings is 6. The van der Waals surface area contributed by atoms with Crippen molar-refractivity contribution in [1.29, 1.82) is 0 Å². The second-order valence-corrected chi connectivity index (χ2v) is 14.6. The molecule has 1 heterocycles. The molecular weight excluding hydrogens is 741 g/mol. The Balaban J connectivity index is 1.18. The molecule has 0 radical (unpaired) electrons. The van der Waals surface area contributed by atoms with E-state index in [2.05, 4.69) is 24.3 Å². The second-order valence-electron chi connectivity index (χ2n) is 14.6. The smallest absolute Gasteiger partial charge is 0.187 e. The molecule has 0 amide bonds. The molecule has 8 heteroatoms. The normalized spacial score (nSPS) is 19.2. The van der Waals surface area contributed by atoms with Crippen molar-refractivity contribution in [2.75, 3.05) is 19.8 Å². The van der Waals surface area contributed by atoms with Crippen LogP contribution in [0.5, 0.6) is 0 Å². The van der Waals surface area contributed by atoms with E-state index in [-0.39, 0.29) is 19.8 Å². The van der Waals surface area contributed by atoms with Crippen molar-refractivity contribution in [3.63, 3.8) is 0 Å². The van der Waals surface area contributed by atoms with Crippen LogP contribution in [0.25, 0.3) is 0 Å². The SMILES string of the molecule is c1ccc(COCC(COCc2ccccc2)O[C@H]2O[C@H](COCc3ccccc3)[C@@H](OCc3ccccc3)[C@H](OCc3ccccc3)[C@H]2OCc2ccccc2)cc1. The largest absolute Gasteiger partial charge is 0.374 e. The fourth-order valence-electron chi connectivity index (χ4n) is 6.94. The molecule has 0 bridgehead atoms. The van der Waals surface area contributed by atoms with Crippen LogP contribution in [0.2, 0.25) is 0 Å². The molecule has 0 saturated carbocycles. The summed E-state index contributed by atoms with van der Waals surface area (Å²) >= 11 is 0. The Bertz CT molecular complexity index is 1940. The summed E-state index contributed by atoms with van der Waals surface area (Å²) in [5.41, 5.74) is 6.26. The van der Waals surface area contributed by atoms with Crippen LogP contribution in [0, 0.1) is 0 Å². The van der Waals surface area contributed by atoms with Gasteiger partial charge in [0.1, 0.15) is 30.5 Å². The molecule has 0 aromatic heterocycles. The van der Waals surface area contributed by atoms with Gasteiger partial charge >= 0.3 is 0 Å². The highest BCUT2D eigenvalue weighted by atomic mass is 16.7. The molecule has 0 N–H and O–H groups in total. The van der Waals surface area contributed by atoms with Crippen LogP contribution in [0.1, 0.15) is 33.4 Å². The molecule has 0 spiro atoms. The first kappa shape index (κ1) is 42.1. The van der Waals surface area contributed by atoms with Crippen LogP contribution < -0.4 is 0 Å². The van der Waals surface area contributed by atoms with Gasteiger partial charge in [0, 0.05) is 0 Å². The lowest BCUT2D eigenvalue weighted by molar-refractivity contribution is -0.340. The van der Waals surface area contributed by atoms with Gasteiger partial charge in [-0.25, -0.2) is 0 Å². The number of hydrogen-bond acceptors (Lipinski definition) is 8. The zero-order valence-corrected chi connectivity index (χ0v) is 33.4. The van der Waals surface area contributed by atoms with E-state index >= 15 is 0 Å². The lowest BCUT2D eigenvalue weighted by Gasteiger charge is -2.46. The minimum atomic E-state index is -0.896. The van der Waals surface area contributed by atoms with Crippen molar-refractivity contribution < 1.29 is 37.9 Å². The molecule has 0 aliphatic carbocycles. The van der Waals surface area contributed by atoms with E-state index in [0.29, 0.717) is 39.6 Å². The fourth-order valence-corrected chi connectivity index (χ4v) is 6.94. The van der Waals surface area contributed by atoms with Gasteiger partial charge in [-0.2, -0.15) is 0 Å². The topological polar surface area (TPSA) is 73.8 Å². The summed E-state index contributed by atoms with van der Waals surface area (Å²) in [5.74, 6) is 0. The molecule has 8 nitrogen and oxygen atoms in total. The highest BCUT2D eigenvalue weighted by molar-refractivity contribution is 5.17.